The van der Waals surface area contributed by atoms with Crippen molar-refractivity contribution in [2.75, 3.05) is 13.2 Å². The molecule has 0 heterocycles. The van der Waals surface area contributed by atoms with Gasteiger partial charge >= 0.3 is 5.97 Å². The zero-order chi connectivity index (χ0) is 14.4. The minimum Gasteiger partial charge on any atom is -0.466 e. The number of halogens is 1. The minimum absolute atomic E-state index is 0.0954. The number of esters is 1. The lowest BCUT2D eigenvalue weighted by Gasteiger charge is -2.36. The summed E-state index contributed by atoms with van der Waals surface area (Å²) in [6.45, 7) is 3.19. The van der Waals surface area contributed by atoms with E-state index in [1.807, 2.05) is 19.1 Å². The summed E-state index contributed by atoms with van der Waals surface area (Å²) in [5.74, 6) is 0.553. The lowest BCUT2D eigenvalue weighted by atomic mass is 9.76. The van der Waals surface area contributed by atoms with Gasteiger partial charge in [0, 0.05) is 17.5 Å². The first kappa shape index (κ1) is 15.3. The van der Waals surface area contributed by atoms with Crippen LogP contribution in [-0.2, 0) is 9.53 Å². The molecule has 1 aliphatic carbocycles. The van der Waals surface area contributed by atoms with Crippen molar-refractivity contribution in [2.24, 2.45) is 0 Å². The molecule has 1 fully saturated rings. The van der Waals surface area contributed by atoms with E-state index in [4.69, 9.17) is 16.3 Å². The summed E-state index contributed by atoms with van der Waals surface area (Å²) >= 11 is 5.89. The zero-order valence-corrected chi connectivity index (χ0v) is 12.7. The highest BCUT2D eigenvalue weighted by Crippen LogP contribution is 2.37. The van der Waals surface area contributed by atoms with Crippen molar-refractivity contribution < 1.29 is 9.53 Å². The van der Waals surface area contributed by atoms with E-state index in [1.54, 1.807) is 0 Å². The van der Waals surface area contributed by atoms with Gasteiger partial charge in [0.05, 0.1) is 6.61 Å². The summed E-state index contributed by atoms with van der Waals surface area (Å²) in [5, 5.41) is 4.29. The van der Waals surface area contributed by atoms with Crippen LogP contribution in [0.2, 0.25) is 5.02 Å². The summed E-state index contributed by atoms with van der Waals surface area (Å²) in [4.78, 5) is 11.2. The van der Waals surface area contributed by atoms with Crippen LogP contribution < -0.4 is 5.32 Å². The summed E-state index contributed by atoms with van der Waals surface area (Å²) in [5.41, 5.74) is 1.37. The third-order valence-corrected chi connectivity index (χ3v) is 4.03. The molecule has 1 aromatic rings. The van der Waals surface area contributed by atoms with Crippen LogP contribution in [0.5, 0.6) is 0 Å². The summed E-state index contributed by atoms with van der Waals surface area (Å²) in [6, 6.07) is 8.72. The van der Waals surface area contributed by atoms with Crippen molar-refractivity contribution in [1.82, 2.24) is 5.32 Å². The molecule has 0 saturated heterocycles. The molecule has 4 heteroatoms. The summed E-state index contributed by atoms with van der Waals surface area (Å²) < 4.78 is 4.90. The fraction of sp³-hybridized carbons (Fsp3) is 0.562. The third kappa shape index (κ3) is 4.50. The quantitative estimate of drug-likeness (QED) is 0.618. The molecule has 0 aromatic heterocycles. The number of nitrogens with one attached hydrogen (secondary N) is 1. The number of hydrogen-bond donors (Lipinski definition) is 1. The van der Waals surface area contributed by atoms with Gasteiger partial charge in [-0.3, -0.25) is 4.79 Å². The van der Waals surface area contributed by atoms with E-state index in [1.165, 1.54) is 18.4 Å². The molecule has 0 atom stereocenters. The van der Waals surface area contributed by atoms with Crippen molar-refractivity contribution >= 4 is 17.6 Å². The van der Waals surface area contributed by atoms with Crippen molar-refractivity contribution in [1.29, 1.82) is 0 Å². The van der Waals surface area contributed by atoms with Crippen LogP contribution in [0.15, 0.2) is 24.3 Å². The Kier molecular flexibility index (Phi) is 5.86. The Morgan fingerprint density at radius 2 is 2.05 bits per heavy atom. The topological polar surface area (TPSA) is 38.3 Å². The first-order valence-electron chi connectivity index (χ1n) is 7.33. The SMILES string of the molecule is CCOC(=O)CCCNC1CC(c2ccc(Cl)cc2)C1. The molecular weight excluding hydrogens is 274 g/mol. The predicted octanol–water partition coefficient (Wildman–Crippen LogP) is 3.52. The van der Waals surface area contributed by atoms with Crippen LogP contribution >= 0.6 is 11.6 Å². The van der Waals surface area contributed by atoms with Crippen LogP contribution in [0, 0.1) is 0 Å². The monoisotopic (exact) mass is 295 g/mol. The molecule has 0 radical (unpaired) electrons. The number of ether oxygens (including phenoxy) is 1. The highest BCUT2D eigenvalue weighted by Gasteiger charge is 2.29. The van der Waals surface area contributed by atoms with E-state index in [0.717, 1.165) is 18.0 Å². The van der Waals surface area contributed by atoms with Gasteiger partial charge in [0.15, 0.2) is 0 Å². The average molecular weight is 296 g/mol. The Bertz CT molecular complexity index is 427. The first-order chi connectivity index (χ1) is 9.69. The molecule has 0 spiro atoms. The second kappa shape index (κ2) is 7.65. The lowest BCUT2D eigenvalue weighted by Crippen LogP contribution is -2.40. The summed E-state index contributed by atoms with van der Waals surface area (Å²) in [6.07, 6.45) is 3.69. The highest BCUT2D eigenvalue weighted by molar-refractivity contribution is 6.30. The van der Waals surface area contributed by atoms with Crippen molar-refractivity contribution in [3.63, 3.8) is 0 Å². The van der Waals surface area contributed by atoms with E-state index in [-0.39, 0.29) is 5.97 Å². The van der Waals surface area contributed by atoms with Crippen LogP contribution in [0.3, 0.4) is 0 Å². The highest BCUT2D eigenvalue weighted by atomic mass is 35.5. The third-order valence-electron chi connectivity index (χ3n) is 3.78. The van der Waals surface area contributed by atoms with Crippen molar-refractivity contribution in [3.8, 4) is 0 Å². The molecule has 1 N–H and O–H groups in total. The summed E-state index contributed by atoms with van der Waals surface area (Å²) in [7, 11) is 0. The molecule has 20 heavy (non-hydrogen) atoms. The van der Waals surface area contributed by atoms with Crippen LogP contribution in [0.25, 0.3) is 0 Å². The van der Waals surface area contributed by atoms with E-state index < -0.39 is 0 Å². The van der Waals surface area contributed by atoms with Gasteiger partial charge in [0.1, 0.15) is 0 Å². The Balaban J connectivity index is 1.58. The lowest BCUT2D eigenvalue weighted by molar-refractivity contribution is -0.143. The average Bonchev–Trinajstić information content (AvgIpc) is 2.38. The normalized spacial score (nSPS) is 21.3. The van der Waals surface area contributed by atoms with Gasteiger partial charge < -0.3 is 10.1 Å². The van der Waals surface area contributed by atoms with Gasteiger partial charge in [-0.2, -0.15) is 0 Å². The van der Waals surface area contributed by atoms with Gasteiger partial charge in [0.2, 0.25) is 0 Å². The molecule has 3 nitrogen and oxygen atoms in total. The minimum atomic E-state index is -0.0954. The molecule has 1 aromatic carbocycles. The van der Waals surface area contributed by atoms with Crippen molar-refractivity contribution in [3.05, 3.63) is 34.9 Å². The molecular formula is C16H22ClNO2. The number of hydrogen-bond acceptors (Lipinski definition) is 3. The van der Waals surface area contributed by atoms with Gasteiger partial charge in [-0.05, 0) is 56.3 Å². The van der Waals surface area contributed by atoms with E-state index in [9.17, 15) is 4.79 Å². The maximum absolute atomic E-state index is 11.2. The molecule has 0 amide bonds. The molecule has 0 bridgehead atoms. The van der Waals surface area contributed by atoms with E-state index in [0.29, 0.717) is 25.0 Å². The maximum atomic E-state index is 11.2. The van der Waals surface area contributed by atoms with E-state index >= 15 is 0 Å². The number of rotatable bonds is 7. The van der Waals surface area contributed by atoms with Gasteiger partial charge in [0.25, 0.3) is 0 Å². The largest absolute Gasteiger partial charge is 0.466 e. The number of carbonyl (C=O) groups excluding carboxylic acids is 1. The molecule has 110 valence electrons. The Morgan fingerprint density at radius 1 is 1.35 bits per heavy atom. The zero-order valence-electron chi connectivity index (χ0n) is 11.9. The number of carbonyl (C=O) groups is 1. The maximum Gasteiger partial charge on any atom is 0.305 e. The molecule has 1 aliphatic rings. The van der Waals surface area contributed by atoms with E-state index in [2.05, 4.69) is 17.4 Å². The fourth-order valence-corrected chi connectivity index (χ4v) is 2.69. The molecule has 1 saturated carbocycles. The molecule has 2 rings (SSSR count). The standard InChI is InChI=1S/C16H22ClNO2/c1-2-20-16(19)4-3-9-18-15-10-13(11-15)12-5-7-14(17)8-6-12/h5-8,13,15,18H,2-4,9-11H2,1H3. The van der Waals surface area contributed by atoms with Crippen LogP contribution in [0.4, 0.5) is 0 Å². The fourth-order valence-electron chi connectivity index (χ4n) is 2.56. The second-order valence-corrected chi connectivity index (χ2v) is 5.72. The van der Waals surface area contributed by atoms with Gasteiger partial charge in [-0.15, -0.1) is 0 Å². The second-order valence-electron chi connectivity index (χ2n) is 5.28. The van der Waals surface area contributed by atoms with Gasteiger partial charge in [-0.1, -0.05) is 23.7 Å². The number of benzene rings is 1. The first-order valence-corrected chi connectivity index (χ1v) is 7.71. The Morgan fingerprint density at radius 3 is 2.70 bits per heavy atom. The predicted molar refractivity (Wildman–Crippen MR) is 81.1 cm³/mol. The van der Waals surface area contributed by atoms with Crippen LogP contribution in [-0.4, -0.2) is 25.2 Å². The van der Waals surface area contributed by atoms with Crippen LogP contribution in [0.1, 0.15) is 44.1 Å². The molecule has 0 aliphatic heterocycles. The van der Waals surface area contributed by atoms with Crippen molar-refractivity contribution in [2.45, 2.75) is 44.6 Å². The van der Waals surface area contributed by atoms with Gasteiger partial charge in [-0.25, -0.2) is 0 Å². The smallest absolute Gasteiger partial charge is 0.305 e. The Labute approximate surface area is 125 Å². The Hall–Kier alpha value is -1.06. The molecule has 0 unspecified atom stereocenters.